The van der Waals surface area contributed by atoms with Crippen molar-refractivity contribution in [2.75, 3.05) is 4.90 Å². The Bertz CT molecular complexity index is 2000. The number of para-hydroxylation sites is 1. The maximum atomic E-state index is 2.32. The van der Waals surface area contributed by atoms with E-state index in [1.54, 1.807) is 0 Å². The van der Waals surface area contributed by atoms with E-state index in [1.807, 2.05) is 0 Å². The van der Waals surface area contributed by atoms with Crippen LogP contribution >= 0.6 is 0 Å². The number of aryl methyl sites for hydroxylation is 1. The Morgan fingerprint density at radius 3 is 1.06 bits per heavy atom. The average Bonchev–Trinajstić information content (AvgIpc) is 3.16. The molecule has 1 heteroatoms. The van der Waals surface area contributed by atoms with Gasteiger partial charge in [-0.15, -0.1) is 0 Å². The zero-order valence-electron chi connectivity index (χ0n) is 26.6. The second kappa shape index (κ2) is 14.0. The van der Waals surface area contributed by atoms with Gasteiger partial charge in [-0.25, -0.2) is 0 Å². The Morgan fingerprint density at radius 1 is 0.340 bits per heavy atom. The highest BCUT2D eigenvalue weighted by Gasteiger charge is 2.17. The largest absolute Gasteiger partial charge is 0.311 e. The van der Waals surface area contributed by atoms with Crippen LogP contribution in [0, 0.1) is 0 Å². The molecule has 0 fully saturated rings. The van der Waals surface area contributed by atoms with Gasteiger partial charge in [0.15, 0.2) is 0 Å². The van der Waals surface area contributed by atoms with Crippen LogP contribution in [0.1, 0.15) is 34.7 Å². The first-order valence-electron chi connectivity index (χ1n) is 16.3. The van der Waals surface area contributed by atoms with Crippen molar-refractivity contribution in [2.24, 2.45) is 0 Å². The second-order valence-electron chi connectivity index (χ2n) is 11.7. The van der Waals surface area contributed by atoms with Crippen LogP contribution in [0.15, 0.2) is 194 Å². The molecule has 0 saturated carbocycles. The zero-order valence-corrected chi connectivity index (χ0v) is 26.6. The van der Waals surface area contributed by atoms with Crippen LogP contribution in [0.25, 0.3) is 22.3 Å². The van der Waals surface area contributed by atoms with E-state index in [2.05, 4.69) is 206 Å². The third-order valence-corrected chi connectivity index (χ3v) is 8.69. The van der Waals surface area contributed by atoms with Gasteiger partial charge in [0.1, 0.15) is 0 Å². The van der Waals surface area contributed by atoms with Crippen molar-refractivity contribution in [3.8, 4) is 11.1 Å². The van der Waals surface area contributed by atoms with Gasteiger partial charge in [-0.2, -0.15) is 0 Å². The highest BCUT2D eigenvalue weighted by Crippen LogP contribution is 2.39. The molecule has 0 amide bonds. The molecule has 7 aromatic carbocycles. The van der Waals surface area contributed by atoms with Crippen LogP contribution in [0.5, 0.6) is 0 Å². The lowest BCUT2D eigenvalue weighted by Gasteiger charge is -2.26. The zero-order chi connectivity index (χ0) is 31.8. The topological polar surface area (TPSA) is 3.24 Å². The second-order valence-corrected chi connectivity index (χ2v) is 11.7. The van der Waals surface area contributed by atoms with Gasteiger partial charge in [-0.05, 0) is 92.9 Å². The third-order valence-electron chi connectivity index (χ3n) is 8.69. The SMILES string of the molecule is CCc1ccc(N(c2ccccc2)c2ccc(-c3ccc(C(=C(c4ccccc4)c4ccccc4)c4ccccc4)cc3)cc2)cc1. The highest BCUT2D eigenvalue weighted by molar-refractivity contribution is 6.04. The molecule has 0 aliphatic carbocycles. The molecule has 7 rings (SSSR count). The van der Waals surface area contributed by atoms with E-state index in [1.165, 1.54) is 50.1 Å². The fraction of sp³-hybridized carbons (Fsp3) is 0.0435. The molecular weight excluding hydrogens is 567 g/mol. The fourth-order valence-electron chi connectivity index (χ4n) is 6.26. The summed E-state index contributed by atoms with van der Waals surface area (Å²) in [5.74, 6) is 0. The fourth-order valence-corrected chi connectivity index (χ4v) is 6.26. The maximum Gasteiger partial charge on any atom is 0.0462 e. The molecule has 0 spiro atoms. The number of anilines is 3. The molecule has 7 aromatic rings. The summed E-state index contributed by atoms with van der Waals surface area (Å²) in [6.45, 7) is 2.19. The quantitative estimate of drug-likeness (QED) is 0.148. The summed E-state index contributed by atoms with van der Waals surface area (Å²) in [7, 11) is 0. The monoisotopic (exact) mass is 603 g/mol. The van der Waals surface area contributed by atoms with Crippen LogP contribution < -0.4 is 4.90 Å². The lowest BCUT2D eigenvalue weighted by molar-refractivity contribution is 1.14. The summed E-state index contributed by atoms with van der Waals surface area (Å²) in [6.07, 6.45) is 1.03. The van der Waals surface area contributed by atoms with Gasteiger partial charge in [-0.1, -0.05) is 165 Å². The minimum Gasteiger partial charge on any atom is -0.311 e. The molecule has 0 N–H and O–H groups in total. The smallest absolute Gasteiger partial charge is 0.0462 e. The lowest BCUT2D eigenvalue weighted by atomic mass is 9.85. The van der Waals surface area contributed by atoms with Crippen molar-refractivity contribution in [3.05, 3.63) is 222 Å². The molecule has 0 aromatic heterocycles. The summed E-state index contributed by atoms with van der Waals surface area (Å²) >= 11 is 0. The Kier molecular flexibility index (Phi) is 8.88. The molecule has 1 nitrogen and oxygen atoms in total. The molecule has 0 atom stereocenters. The Morgan fingerprint density at radius 2 is 0.660 bits per heavy atom. The van der Waals surface area contributed by atoms with E-state index in [9.17, 15) is 0 Å². The van der Waals surface area contributed by atoms with Crippen LogP contribution in [0.2, 0.25) is 0 Å². The van der Waals surface area contributed by atoms with Crippen LogP contribution in [-0.4, -0.2) is 0 Å². The molecule has 0 heterocycles. The predicted octanol–water partition coefficient (Wildman–Crippen LogP) is 12.4. The van der Waals surface area contributed by atoms with Crippen molar-refractivity contribution in [1.82, 2.24) is 0 Å². The van der Waals surface area contributed by atoms with Gasteiger partial charge in [0.2, 0.25) is 0 Å². The number of rotatable bonds is 9. The van der Waals surface area contributed by atoms with E-state index in [4.69, 9.17) is 0 Å². The first-order chi connectivity index (χ1) is 23.3. The van der Waals surface area contributed by atoms with Crippen molar-refractivity contribution >= 4 is 28.2 Å². The summed E-state index contributed by atoms with van der Waals surface area (Å²) in [6, 6.07) is 69.6. The molecule has 47 heavy (non-hydrogen) atoms. The van der Waals surface area contributed by atoms with Gasteiger partial charge in [0, 0.05) is 17.1 Å². The van der Waals surface area contributed by atoms with Gasteiger partial charge in [0.25, 0.3) is 0 Å². The first-order valence-corrected chi connectivity index (χ1v) is 16.3. The minimum atomic E-state index is 1.03. The molecule has 0 aliphatic rings. The normalized spacial score (nSPS) is 10.7. The molecule has 0 unspecified atom stereocenters. The van der Waals surface area contributed by atoms with Crippen LogP contribution in [-0.2, 0) is 6.42 Å². The molecule has 0 bridgehead atoms. The summed E-state index contributed by atoms with van der Waals surface area (Å²) in [5.41, 5.74) is 14.4. The molecular formula is C46H37N. The van der Waals surface area contributed by atoms with Gasteiger partial charge >= 0.3 is 0 Å². The Hall–Kier alpha value is -5.92. The lowest BCUT2D eigenvalue weighted by Crippen LogP contribution is -2.09. The van der Waals surface area contributed by atoms with E-state index in [0.29, 0.717) is 0 Å². The summed E-state index contributed by atoms with van der Waals surface area (Å²) < 4.78 is 0. The van der Waals surface area contributed by atoms with E-state index in [0.717, 1.165) is 23.5 Å². The Balaban J connectivity index is 1.27. The van der Waals surface area contributed by atoms with Crippen molar-refractivity contribution < 1.29 is 0 Å². The van der Waals surface area contributed by atoms with E-state index < -0.39 is 0 Å². The standard InChI is InChI=1S/C46H37N/c1-2-35-23-31-43(32-24-35)47(42-21-13-6-14-22-42)44-33-29-37(30-34-44)36-25-27-41(28-26-36)46(40-19-11-5-12-20-40)45(38-15-7-3-8-16-38)39-17-9-4-10-18-39/h3-34H,2H2,1H3. The van der Waals surface area contributed by atoms with Gasteiger partial charge in [-0.3, -0.25) is 0 Å². The number of benzene rings is 7. The number of hydrogen-bond acceptors (Lipinski definition) is 1. The summed E-state index contributed by atoms with van der Waals surface area (Å²) in [5, 5.41) is 0. The molecule has 0 saturated heterocycles. The van der Waals surface area contributed by atoms with Crippen molar-refractivity contribution in [3.63, 3.8) is 0 Å². The molecule has 0 aliphatic heterocycles. The van der Waals surface area contributed by atoms with Crippen LogP contribution in [0.4, 0.5) is 17.1 Å². The average molecular weight is 604 g/mol. The maximum absolute atomic E-state index is 2.32. The van der Waals surface area contributed by atoms with Gasteiger partial charge < -0.3 is 4.90 Å². The van der Waals surface area contributed by atoms with E-state index in [-0.39, 0.29) is 0 Å². The number of nitrogens with zero attached hydrogens (tertiary/aromatic N) is 1. The highest BCUT2D eigenvalue weighted by atomic mass is 15.1. The van der Waals surface area contributed by atoms with Crippen LogP contribution in [0.3, 0.4) is 0 Å². The third kappa shape index (κ3) is 6.57. The molecule has 0 radical (unpaired) electrons. The Labute approximate surface area is 278 Å². The van der Waals surface area contributed by atoms with Crippen molar-refractivity contribution in [2.45, 2.75) is 13.3 Å². The van der Waals surface area contributed by atoms with Crippen molar-refractivity contribution in [1.29, 1.82) is 0 Å². The minimum absolute atomic E-state index is 1.03. The van der Waals surface area contributed by atoms with E-state index >= 15 is 0 Å². The summed E-state index contributed by atoms with van der Waals surface area (Å²) in [4.78, 5) is 2.32. The number of hydrogen-bond donors (Lipinski definition) is 0. The predicted molar refractivity (Wildman–Crippen MR) is 200 cm³/mol. The van der Waals surface area contributed by atoms with Gasteiger partial charge in [0.05, 0.1) is 0 Å². The first kappa shape index (κ1) is 29.8. The molecule has 226 valence electrons.